The Kier molecular flexibility index (Phi) is 3.38. The van der Waals surface area contributed by atoms with Crippen molar-refractivity contribution in [1.82, 2.24) is 0 Å². The molecule has 0 bridgehead atoms. The number of phenolic OH excluding ortho intramolecular Hbond substituents is 1. The van der Waals surface area contributed by atoms with Crippen molar-refractivity contribution in [2.24, 2.45) is 5.16 Å². The molecule has 1 aromatic carbocycles. The lowest BCUT2D eigenvalue weighted by Crippen LogP contribution is -2.02. The summed E-state index contributed by atoms with van der Waals surface area (Å²) in [6.45, 7) is 1.54. The fourth-order valence-electron chi connectivity index (χ4n) is 1.66. The molecular weight excluding hydrogens is 268 g/mol. The highest BCUT2D eigenvalue weighted by molar-refractivity contribution is 6.24. The number of carbonyl (C=O) groups is 1. The van der Waals surface area contributed by atoms with Gasteiger partial charge in [0, 0.05) is 11.6 Å². The second-order valence-corrected chi connectivity index (χ2v) is 3.96. The molecule has 0 saturated heterocycles. The molecule has 0 atom stereocenters. The Bertz CT molecular complexity index is 662. The number of oxime groups is 1. The number of hydrogen-bond donors (Lipinski definition) is 1. The van der Waals surface area contributed by atoms with E-state index in [0.717, 1.165) is 12.1 Å². The lowest BCUT2D eigenvalue weighted by Gasteiger charge is -2.06. The van der Waals surface area contributed by atoms with Crippen LogP contribution >= 0.6 is 0 Å². The van der Waals surface area contributed by atoms with Crippen LogP contribution < -0.4 is 4.74 Å². The summed E-state index contributed by atoms with van der Waals surface area (Å²) in [6.07, 6.45) is 1.26. The Balaban J connectivity index is 2.59. The first-order chi connectivity index (χ1) is 9.43. The minimum atomic E-state index is -0.688. The number of aromatic hydroxyl groups is 1. The van der Waals surface area contributed by atoms with Gasteiger partial charge in [0.05, 0.1) is 29.4 Å². The van der Waals surface area contributed by atoms with Crippen molar-refractivity contribution < 1.29 is 24.4 Å². The molecule has 0 fully saturated rings. The predicted octanol–water partition coefficient (Wildman–Crippen LogP) is 1.63. The predicted molar refractivity (Wildman–Crippen MR) is 68.5 cm³/mol. The van der Waals surface area contributed by atoms with Gasteiger partial charge in [-0.15, -0.1) is 0 Å². The Morgan fingerprint density at radius 2 is 2.20 bits per heavy atom. The van der Waals surface area contributed by atoms with Gasteiger partial charge >= 0.3 is 5.97 Å². The molecule has 0 spiro atoms. The van der Waals surface area contributed by atoms with Gasteiger partial charge in [-0.05, 0) is 13.0 Å². The van der Waals surface area contributed by atoms with Crippen LogP contribution in [0.1, 0.15) is 12.5 Å². The van der Waals surface area contributed by atoms with Crippen LogP contribution in [0, 0.1) is 10.1 Å². The zero-order chi connectivity index (χ0) is 14.9. The molecule has 1 aliphatic rings. The molecule has 0 unspecified atom stereocenters. The van der Waals surface area contributed by atoms with E-state index >= 15 is 0 Å². The van der Waals surface area contributed by atoms with Crippen LogP contribution in [0.25, 0.3) is 6.08 Å². The molecule has 20 heavy (non-hydrogen) atoms. The van der Waals surface area contributed by atoms with Gasteiger partial charge in [-0.3, -0.25) is 10.1 Å². The van der Waals surface area contributed by atoms with E-state index < -0.39 is 10.9 Å². The highest BCUT2D eigenvalue weighted by Gasteiger charge is 2.24. The van der Waals surface area contributed by atoms with E-state index in [-0.39, 0.29) is 28.3 Å². The molecule has 0 radical (unpaired) electrons. The zero-order valence-electron chi connectivity index (χ0n) is 10.6. The highest BCUT2D eigenvalue weighted by Crippen LogP contribution is 2.36. The van der Waals surface area contributed by atoms with E-state index in [2.05, 4.69) is 9.99 Å². The molecule has 104 valence electrons. The number of non-ortho nitro benzene ring substituents is 1. The molecule has 8 nitrogen and oxygen atoms in total. The van der Waals surface area contributed by atoms with Gasteiger partial charge < -0.3 is 14.7 Å². The summed E-state index contributed by atoms with van der Waals surface area (Å²) < 4.78 is 4.86. The Morgan fingerprint density at radius 1 is 1.50 bits per heavy atom. The van der Waals surface area contributed by atoms with E-state index in [9.17, 15) is 20.0 Å². The number of nitro benzene ring substituents is 1. The second-order valence-electron chi connectivity index (χ2n) is 3.96. The third kappa shape index (κ3) is 2.30. The second kappa shape index (κ2) is 5.00. The summed E-state index contributed by atoms with van der Waals surface area (Å²) in [6, 6.07) is 2.22. The summed E-state index contributed by atoms with van der Waals surface area (Å²) in [5.74, 6) is -1.06. The van der Waals surface area contributed by atoms with Gasteiger partial charge in [-0.1, -0.05) is 5.16 Å². The van der Waals surface area contributed by atoms with Crippen LogP contribution in [0.3, 0.4) is 0 Å². The Hall–Kier alpha value is -2.90. The minimum absolute atomic E-state index is 0.0630. The van der Waals surface area contributed by atoms with Gasteiger partial charge in [0.25, 0.3) is 5.69 Å². The van der Waals surface area contributed by atoms with E-state index in [1.54, 1.807) is 6.92 Å². The SMILES string of the molecule is COc1cc([N+](=O)[O-])cc(C=C2C(=O)ON=C2C)c1O. The molecule has 1 N–H and O–H groups in total. The maximum Gasteiger partial charge on any atom is 0.367 e. The molecule has 0 amide bonds. The number of carbonyl (C=O) groups excluding carboxylic acids is 1. The van der Waals surface area contributed by atoms with Crippen molar-refractivity contribution in [3.05, 3.63) is 33.4 Å². The average Bonchev–Trinajstić information content (AvgIpc) is 2.72. The van der Waals surface area contributed by atoms with Gasteiger partial charge in [-0.25, -0.2) is 4.79 Å². The molecule has 2 rings (SSSR count). The summed E-state index contributed by atoms with van der Waals surface area (Å²) >= 11 is 0. The van der Waals surface area contributed by atoms with Crippen LogP contribution in [-0.2, 0) is 9.63 Å². The number of rotatable bonds is 3. The smallest absolute Gasteiger partial charge is 0.367 e. The van der Waals surface area contributed by atoms with E-state index in [1.165, 1.54) is 13.2 Å². The summed E-state index contributed by atoms with van der Waals surface area (Å²) in [4.78, 5) is 26.1. The van der Waals surface area contributed by atoms with E-state index in [0.29, 0.717) is 5.71 Å². The van der Waals surface area contributed by atoms with Crippen LogP contribution in [-0.4, -0.2) is 28.8 Å². The summed E-state index contributed by atoms with van der Waals surface area (Å²) in [5.41, 5.74) is 0.231. The van der Waals surface area contributed by atoms with E-state index in [1.807, 2.05) is 0 Å². The fourth-order valence-corrected chi connectivity index (χ4v) is 1.66. The number of hydrogen-bond acceptors (Lipinski definition) is 7. The maximum absolute atomic E-state index is 11.4. The van der Waals surface area contributed by atoms with Gasteiger partial charge in [0.15, 0.2) is 11.5 Å². The third-order valence-corrected chi connectivity index (χ3v) is 2.69. The standard InChI is InChI=1S/C12H10N2O6/c1-6-9(12(16)20-13-6)4-7-3-8(14(17)18)5-10(19-2)11(7)15/h3-5,15H,1-2H3. The minimum Gasteiger partial charge on any atom is -0.504 e. The number of phenols is 1. The maximum atomic E-state index is 11.4. The Labute approximate surface area is 113 Å². The third-order valence-electron chi connectivity index (χ3n) is 2.69. The first kappa shape index (κ1) is 13.5. The van der Waals surface area contributed by atoms with Crippen molar-refractivity contribution in [1.29, 1.82) is 0 Å². The zero-order valence-corrected chi connectivity index (χ0v) is 10.6. The summed E-state index contributed by atoms with van der Waals surface area (Å²) in [5, 5.41) is 24.3. The van der Waals surface area contributed by atoms with Gasteiger partial charge in [0.2, 0.25) is 0 Å². The number of ether oxygens (including phenoxy) is 1. The monoisotopic (exact) mass is 278 g/mol. The average molecular weight is 278 g/mol. The number of benzene rings is 1. The number of nitrogens with zero attached hydrogens (tertiary/aromatic N) is 2. The normalized spacial score (nSPS) is 16.0. The molecule has 1 heterocycles. The summed E-state index contributed by atoms with van der Waals surface area (Å²) in [7, 11) is 1.27. The molecule has 8 heteroatoms. The van der Waals surface area contributed by atoms with Crippen molar-refractivity contribution in [3.8, 4) is 11.5 Å². The van der Waals surface area contributed by atoms with Crippen LogP contribution in [0.4, 0.5) is 5.69 Å². The molecule has 0 aromatic heterocycles. The Morgan fingerprint density at radius 3 is 2.70 bits per heavy atom. The van der Waals surface area contributed by atoms with Gasteiger partial charge in [-0.2, -0.15) is 0 Å². The van der Waals surface area contributed by atoms with Crippen molar-refractivity contribution in [3.63, 3.8) is 0 Å². The molecule has 0 saturated carbocycles. The lowest BCUT2D eigenvalue weighted by molar-refractivity contribution is -0.385. The van der Waals surface area contributed by atoms with E-state index in [4.69, 9.17) is 4.74 Å². The van der Waals surface area contributed by atoms with Crippen LogP contribution in [0.5, 0.6) is 11.5 Å². The van der Waals surface area contributed by atoms with Crippen molar-refractivity contribution >= 4 is 23.4 Å². The van der Waals surface area contributed by atoms with Crippen molar-refractivity contribution in [2.45, 2.75) is 6.92 Å². The van der Waals surface area contributed by atoms with Crippen molar-refractivity contribution in [2.75, 3.05) is 7.11 Å². The number of nitro groups is 1. The quantitative estimate of drug-likeness (QED) is 0.389. The highest BCUT2D eigenvalue weighted by atomic mass is 16.7. The van der Waals surface area contributed by atoms with Crippen LogP contribution in [0.2, 0.25) is 0 Å². The first-order valence-electron chi connectivity index (χ1n) is 5.47. The molecule has 1 aromatic rings. The van der Waals surface area contributed by atoms with Crippen LogP contribution in [0.15, 0.2) is 22.9 Å². The topological polar surface area (TPSA) is 111 Å². The largest absolute Gasteiger partial charge is 0.504 e. The fraction of sp³-hybridized carbons (Fsp3) is 0.167. The first-order valence-corrected chi connectivity index (χ1v) is 5.47. The molecule has 1 aliphatic heterocycles. The lowest BCUT2D eigenvalue weighted by atomic mass is 10.1. The van der Waals surface area contributed by atoms with Gasteiger partial charge in [0.1, 0.15) is 0 Å². The number of methoxy groups -OCH3 is 1. The molecule has 0 aliphatic carbocycles. The molecular formula is C12H10N2O6.